The van der Waals surface area contributed by atoms with Gasteiger partial charge >= 0.3 is 0 Å². The first-order valence-electron chi connectivity index (χ1n) is 4.37. The largest absolute Gasteiger partial charge is 0.369 e. The molecule has 0 aromatic rings. The van der Waals surface area contributed by atoms with E-state index in [0.29, 0.717) is 6.54 Å². The first-order valence-corrected chi connectivity index (χ1v) is 4.37. The van der Waals surface area contributed by atoms with Crippen LogP contribution in [0.25, 0.3) is 0 Å². The second-order valence-corrected chi connectivity index (χ2v) is 2.78. The summed E-state index contributed by atoms with van der Waals surface area (Å²) in [5, 5.41) is 2.96. The third-order valence-electron chi connectivity index (χ3n) is 1.56. The molecule has 0 heterocycles. The van der Waals surface area contributed by atoms with Crippen molar-refractivity contribution in [1.29, 1.82) is 0 Å². The zero-order valence-corrected chi connectivity index (χ0v) is 7.51. The van der Waals surface area contributed by atoms with Gasteiger partial charge in [0.05, 0.1) is 6.54 Å². The van der Waals surface area contributed by atoms with Gasteiger partial charge in [-0.2, -0.15) is 0 Å². The Bertz CT molecular complexity index is 134. The van der Waals surface area contributed by atoms with E-state index in [-0.39, 0.29) is 5.91 Å². The Morgan fingerprint density at radius 3 is 2.75 bits per heavy atom. The fraction of sp³-hybridized carbons (Fsp3) is 0.667. The van der Waals surface area contributed by atoms with Gasteiger partial charge in [-0.25, -0.2) is 0 Å². The van der Waals surface area contributed by atoms with Gasteiger partial charge in [-0.15, -0.1) is 6.58 Å². The number of carbonyl (C=O) groups excluding carboxylic acids is 1. The molecule has 0 saturated heterocycles. The average Bonchev–Trinajstić information content (AvgIpc) is 2.02. The molecule has 3 nitrogen and oxygen atoms in total. The number of allylic oxidation sites excluding steroid dienone is 1. The monoisotopic (exact) mass is 170 g/mol. The second-order valence-electron chi connectivity index (χ2n) is 2.78. The molecule has 1 amide bonds. The van der Waals surface area contributed by atoms with Crippen molar-refractivity contribution in [3.63, 3.8) is 0 Å². The van der Waals surface area contributed by atoms with Crippen molar-refractivity contribution in [1.82, 2.24) is 5.32 Å². The molecule has 0 aliphatic heterocycles. The number of amides is 1. The summed E-state index contributed by atoms with van der Waals surface area (Å²) in [5.41, 5.74) is 4.94. The number of nitrogens with one attached hydrogen (secondary N) is 1. The Hall–Kier alpha value is -0.830. The highest BCUT2D eigenvalue weighted by Gasteiger charge is 1.91. The van der Waals surface area contributed by atoms with Crippen molar-refractivity contribution in [2.24, 2.45) is 5.73 Å². The smallest absolute Gasteiger partial charge is 0.231 e. The lowest BCUT2D eigenvalue weighted by Gasteiger charge is -2.00. The Kier molecular flexibility index (Phi) is 7.70. The van der Waals surface area contributed by atoms with Crippen LogP contribution in [0, 0.1) is 0 Å². The van der Waals surface area contributed by atoms with Gasteiger partial charge in [0, 0.05) is 0 Å². The van der Waals surface area contributed by atoms with Gasteiger partial charge in [-0.05, 0) is 25.8 Å². The number of rotatable bonds is 8. The third-order valence-corrected chi connectivity index (χ3v) is 1.56. The predicted molar refractivity (Wildman–Crippen MR) is 50.7 cm³/mol. The first kappa shape index (κ1) is 11.2. The lowest BCUT2D eigenvalue weighted by molar-refractivity contribution is -0.117. The van der Waals surface area contributed by atoms with Gasteiger partial charge < -0.3 is 11.1 Å². The van der Waals surface area contributed by atoms with Crippen LogP contribution in [0.5, 0.6) is 0 Å². The maximum absolute atomic E-state index is 10.3. The molecule has 0 radical (unpaired) electrons. The van der Waals surface area contributed by atoms with Crippen LogP contribution < -0.4 is 11.1 Å². The van der Waals surface area contributed by atoms with E-state index in [1.165, 1.54) is 12.8 Å². The van der Waals surface area contributed by atoms with E-state index in [4.69, 9.17) is 5.73 Å². The molecule has 0 aliphatic carbocycles. The maximum atomic E-state index is 10.3. The van der Waals surface area contributed by atoms with Gasteiger partial charge in [-0.3, -0.25) is 4.79 Å². The Balaban J connectivity index is 2.90. The Labute approximate surface area is 74.0 Å². The molecule has 0 fully saturated rings. The zero-order valence-electron chi connectivity index (χ0n) is 7.51. The summed E-state index contributed by atoms with van der Waals surface area (Å²) in [6.45, 7) is 4.81. The predicted octanol–water partition coefficient (Wildman–Crippen LogP) is 0.808. The van der Waals surface area contributed by atoms with Gasteiger partial charge in [0.25, 0.3) is 0 Å². The van der Waals surface area contributed by atoms with E-state index in [1.54, 1.807) is 0 Å². The van der Waals surface area contributed by atoms with Crippen LogP contribution in [0.4, 0.5) is 0 Å². The van der Waals surface area contributed by atoms with Crippen molar-refractivity contribution < 1.29 is 4.79 Å². The van der Waals surface area contributed by atoms with Gasteiger partial charge in [0.1, 0.15) is 0 Å². The molecule has 0 rings (SSSR count). The summed E-state index contributed by atoms with van der Waals surface area (Å²) in [5.74, 6) is -0.291. The van der Waals surface area contributed by atoms with Crippen LogP contribution in [-0.4, -0.2) is 19.0 Å². The number of hydrogen-bond acceptors (Lipinski definition) is 2. The molecule has 0 aliphatic rings. The number of hydrogen-bond donors (Lipinski definition) is 2. The van der Waals surface area contributed by atoms with Crippen LogP contribution >= 0.6 is 0 Å². The number of unbranched alkanes of at least 4 members (excludes halogenated alkanes) is 3. The Morgan fingerprint density at radius 1 is 1.42 bits per heavy atom. The third kappa shape index (κ3) is 9.17. The van der Waals surface area contributed by atoms with Gasteiger partial charge in [0.2, 0.25) is 5.91 Å². The molecular formula is C9H18N2O. The highest BCUT2D eigenvalue weighted by atomic mass is 16.1. The minimum atomic E-state index is -0.291. The van der Waals surface area contributed by atoms with E-state index in [2.05, 4.69) is 11.9 Å². The highest BCUT2D eigenvalue weighted by Crippen LogP contribution is 1.98. The van der Waals surface area contributed by atoms with Crippen LogP contribution in [0.3, 0.4) is 0 Å². The van der Waals surface area contributed by atoms with E-state index < -0.39 is 0 Å². The molecule has 70 valence electrons. The second kappa shape index (κ2) is 8.27. The molecule has 3 N–H and O–H groups in total. The fourth-order valence-corrected chi connectivity index (χ4v) is 0.927. The van der Waals surface area contributed by atoms with Crippen molar-refractivity contribution in [2.45, 2.75) is 25.7 Å². The van der Waals surface area contributed by atoms with Crippen molar-refractivity contribution in [3.05, 3.63) is 12.7 Å². The fourth-order valence-electron chi connectivity index (χ4n) is 0.927. The summed E-state index contributed by atoms with van der Waals surface area (Å²) in [6, 6.07) is 0. The van der Waals surface area contributed by atoms with E-state index >= 15 is 0 Å². The van der Waals surface area contributed by atoms with E-state index in [0.717, 1.165) is 19.4 Å². The molecule has 3 heteroatoms. The number of nitrogens with two attached hydrogens (primary N) is 1. The van der Waals surface area contributed by atoms with E-state index in [1.807, 2.05) is 6.08 Å². The van der Waals surface area contributed by atoms with Crippen LogP contribution in [0.1, 0.15) is 25.7 Å². The molecule has 0 bridgehead atoms. The molecular weight excluding hydrogens is 152 g/mol. The lowest BCUT2D eigenvalue weighted by atomic mass is 10.2. The maximum Gasteiger partial charge on any atom is 0.231 e. The molecule has 0 unspecified atom stereocenters. The molecule has 0 saturated carbocycles. The molecule has 0 spiro atoms. The molecule has 12 heavy (non-hydrogen) atoms. The normalized spacial score (nSPS) is 9.67. The first-order chi connectivity index (χ1) is 5.77. The SMILES string of the molecule is C=CCCCCCNCC(N)=O. The van der Waals surface area contributed by atoms with Gasteiger partial charge in [-0.1, -0.05) is 12.5 Å². The van der Waals surface area contributed by atoms with Crippen molar-refractivity contribution in [3.8, 4) is 0 Å². The Morgan fingerprint density at radius 2 is 2.17 bits per heavy atom. The molecule has 0 aromatic heterocycles. The number of carbonyl (C=O) groups is 1. The summed E-state index contributed by atoms with van der Waals surface area (Å²) in [6.07, 6.45) is 6.47. The minimum absolute atomic E-state index is 0.291. The lowest BCUT2D eigenvalue weighted by Crippen LogP contribution is -2.29. The van der Waals surface area contributed by atoms with E-state index in [9.17, 15) is 4.79 Å². The molecule has 0 aromatic carbocycles. The van der Waals surface area contributed by atoms with Crippen LogP contribution in [0.15, 0.2) is 12.7 Å². The van der Waals surface area contributed by atoms with Crippen molar-refractivity contribution >= 4 is 5.91 Å². The van der Waals surface area contributed by atoms with Crippen LogP contribution in [-0.2, 0) is 4.79 Å². The summed E-state index contributed by atoms with van der Waals surface area (Å²) < 4.78 is 0. The zero-order chi connectivity index (χ0) is 9.23. The standard InChI is InChI=1S/C9H18N2O/c1-2-3-4-5-6-7-11-8-9(10)12/h2,11H,1,3-8H2,(H2,10,12). The van der Waals surface area contributed by atoms with Crippen molar-refractivity contribution in [2.75, 3.05) is 13.1 Å². The quantitative estimate of drug-likeness (QED) is 0.418. The summed E-state index contributed by atoms with van der Waals surface area (Å²) in [4.78, 5) is 10.3. The average molecular weight is 170 g/mol. The summed E-state index contributed by atoms with van der Waals surface area (Å²) >= 11 is 0. The van der Waals surface area contributed by atoms with Gasteiger partial charge in [0.15, 0.2) is 0 Å². The highest BCUT2D eigenvalue weighted by molar-refractivity contribution is 5.75. The number of primary amides is 1. The topological polar surface area (TPSA) is 55.1 Å². The minimum Gasteiger partial charge on any atom is -0.369 e. The molecule has 0 atom stereocenters. The van der Waals surface area contributed by atoms with Crippen LogP contribution in [0.2, 0.25) is 0 Å². The summed E-state index contributed by atoms with van der Waals surface area (Å²) in [7, 11) is 0.